The van der Waals surface area contributed by atoms with Crippen molar-refractivity contribution in [1.82, 2.24) is 25.0 Å². The highest BCUT2D eigenvalue weighted by Crippen LogP contribution is 2.15. The number of fused-ring (bicyclic) bond motifs is 1. The molecule has 0 aliphatic carbocycles. The summed E-state index contributed by atoms with van der Waals surface area (Å²) in [5.74, 6) is 0.719. The number of methoxy groups -OCH3 is 1. The maximum absolute atomic E-state index is 12.1. The zero-order valence-corrected chi connectivity index (χ0v) is 12.4. The number of hydrogen-bond acceptors (Lipinski definition) is 6. The van der Waals surface area contributed by atoms with Crippen LogP contribution < -0.4 is 5.32 Å². The first-order valence-electron chi connectivity index (χ1n) is 7.01. The van der Waals surface area contributed by atoms with Crippen LogP contribution in [0.15, 0.2) is 6.33 Å². The Morgan fingerprint density at radius 3 is 3.05 bits per heavy atom. The first kappa shape index (κ1) is 14.9. The molecule has 0 radical (unpaired) electrons. The van der Waals surface area contributed by atoms with Gasteiger partial charge in [-0.2, -0.15) is 0 Å². The molecule has 7 nitrogen and oxygen atoms in total. The average Bonchev–Trinajstić information content (AvgIpc) is 2.91. The van der Waals surface area contributed by atoms with Crippen LogP contribution in [0, 0.1) is 0 Å². The number of carbonyl (C=O) groups is 1. The number of rotatable bonds is 6. The maximum Gasteiger partial charge on any atom is 0.327 e. The van der Waals surface area contributed by atoms with E-state index >= 15 is 0 Å². The largest absolute Gasteiger partial charge is 0.468 e. The minimum absolute atomic E-state index is 0.224. The third-order valence-corrected chi connectivity index (χ3v) is 3.66. The molecule has 0 spiro atoms. The van der Waals surface area contributed by atoms with Crippen LogP contribution in [0.5, 0.6) is 0 Å². The summed E-state index contributed by atoms with van der Waals surface area (Å²) in [6.45, 7) is 7.81. The maximum atomic E-state index is 12.1. The van der Waals surface area contributed by atoms with Crippen LogP contribution in [0.4, 0.5) is 0 Å². The Balaban J connectivity index is 2.03. The van der Waals surface area contributed by atoms with E-state index in [-0.39, 0.29) is 5.97 Å². The Bertz CT molecular complexity index is 461. The van der Waals surface area contributed by atoms with Crippen molar-refractivity contribution in [2.75, 3.05) is 26.7 Å². The molecule has 0 bridgehead atoms. The molecule has 1 N–H and O–H groups in total. The second-order valence-corrected chi connectivity index (χ2v) is 5.40. The summed E-state index contributed by atoms with van der Waals surface area (Å²) in [5.41, 5.74) is -0.688. The normalized spacial score (nSPS) is 18.4. The van der Waals surface area contributed by atoms with Gasteiger partial charge in [-0.25, -0.2) is 0 Å². The van der Waals surface area contributed by atoms with Crippen molar-refractivity contribution in [3.8, 4) is 0 Å². The van der Waals surface area contributed by atoms with Crippen molar-refractivity contribution in [3.05, 3.63) is 12.2 Å². The van der Waals surface area contributed by atoms with Crippen LogP contribution in [-0.2, 0) is 22.6 Å². The summed E-state index contributed by atoms with van der Waals surface area (Å²) in [6, 6.07) is 0. The van der Waals surface area contributed by atoms with E-state index in [0.29, 0.717) is 13.1 Å². The number of carbonyl (C=O) groups excluding carboxylic acids is 1. The summed E-state index contributed by atoms with van der Waals surface area (Å²) in [7, 11) is 1.43. The molecule has 2 rings (SSSR count). The molecule has 0 saturated carbocycles. The minimum atomic E-state index is -0.688. The molecule has 1 aliphatic rings. The highest BCUT2D eigenvalue weighted by Gasteiger charge is 2.36. The number of hydrogen-bond donors (Lipinski definition) is 1. The standard InChI is InChI=1S/C13H23N5O2/c1-4-5-14-13(2,12(19)20-3)9-17-6-7-18-10-15-16-11(18)8-17/h10,14H,4-9H2,1-3H3. The number of nitrogens with one attached hydrogen (secondary N) is 1. The van der Waals surface area contributed by atoms with Crippen LogP contribution in [0.1, 0.15) is 26.1 Å². The number of esters is 1. The predicted molar refractivity (Wildman–Crippen MR) is 74.0 cm³/mol. The van der Waals surface area contributed by atoms with Gasteiger partial charge < -0.3 is 14.6 Å². The van der Waals surface area contributed by atoms with Gasteiger partial charge in [0, 0.05) is 19.6 Å². The van der Waals surface area contributed by atoms with Gasteiger partial charge in [-0.15, -0.1) is 10.2 Å². The third kappa shape index (κ3) is 3.16. The molecule has 2 heterocycles. The zero-order valence-electron chi connectivity index (χ0n) is 12.4. The van der Waals surface area contributed by atoms with E-state index in [0.717, 1.165) is 31.9 Å². The van der Waals surface area contributed by atoms with E-state index in [4.69, 9.17) is 4.74 Å². The molecule has 7 heteroatoms. The minimum Gasteiger partial charge on any atom is -0.468 e. The summed E-state index contributed by atoms with van der Waals surface area (Å²) in [5, 5.41) is 11.3. The molecule has 0 saturated heterocycles. The van der Waals surface area contributed by atoms with Crippen molar-refractivity contribution in [3.63, 3.8) is 0 Å². The summed E-state index contributed by atoms with van der Waals surface area (Å²) in [4.78, 5) is 14.3. The third-order valence-electron chi connectivity index (χ3n) is 3.66. The molecule has 1 unspecified atom stereocenters. The fourth-order valence-corrected chi connectivity index (χ4v) is 2.52. The Morgan fingerprint density at radius 2 is 2.35 bits per heavy atom. The van der Waals surface area contributed by atoms with Crippen LogP contribution >= 0.6 is 0 Å². The fourth-order valence-electron chi connectivity index (χ4n) is 2.52. The molecular formula is C13H23N5O2. The lowest BCUT2D eigenvalue weighted by atomic mass is 10.0. The SMILES string of the molecule is CCCNC(C)(CN1CCn2cnnc2C1)C(=O)OC. The lowest BCUT2D eigenvalue weighted by molar-refractivity contribution is -0.149. The van der Waals surface area contributed by atoms with Gasteiger partial charge in [0.25, 0.3) is 0 Å². The van der Waals surface area contributed by atoms with Crippen molar-refractivity contribution >= 4 is 5.97 Å². The highest BCUT2D eigenvalue weighted by atomic mass is 16.5. The lowest BCUT2D eigenvalue weighted by Gasteiger charge is -2.35. The van der Waals surface area contributed by atoms with Crippen LogP contribution in [0.2, 0.25) is 0 Å². The van der Waals surface area contributed by atoms with Crippen LogP contribution in [-0.4, -0.2) is 57.9 Å². The molecule has 0 aromatic carbocycles. The Morgan fingerprint density at radius 1 is 1.55 bits per heavy atom. The van der Waals surface area contributed by atoms with E-state index < -0.39 is 5.54 Å². The first-order valence-corrected chi connectivity index (χ1v) is 7.01. The van der Waals surface area contributed by atoms with Gasteiger partial charge in [0.1, 0.15) is 17.7 Å². The number of nitrogens with zero attached hydrogens (tertiary/aromatic N) is 4. The summed E-state index contributed by atoms with van der Waals surface area (Å²) < 4.78 is 6.99. The molecule has 1 aromatic rings. The second kappa shape index (κ2) is 6.32. The predicted octanol–water partition coefficient (Wildman–Crippen LogP) is 0.0250. The Kier molecular flexibility index (Phi) is 4.72. The van der Waals surface area contributed by atoms with E-state index in [1.807, 2.05) is 11.5 Å². The van der Waals surface area contributed by atoms with Gasteiger partial charge >= 0.3 is 5.97 Å². The summed E-state index contributed by atoms with van der Waals surface area (Å²) in [6.07, 6.45) is 2.72. The van der Waals surface area contributed by atoms with Crippen molar-refractivity contribution in [2.24, 2.45) is 0 Å². The molecule has 1 aliphatic heterocycles. The lowest BCUT2D eigenvalue weighted by Crippen LogP contribution is -2.58. The highest BCUT2D eigenvalue weighted by molar-refractivity contribution is 5.80. The van der Waals surface area contributed by atoms with E-state index in [2.05, 4.69) is 27.3 Å². The van der Waals surface area contributed by atoms with Gasteiger partial charge in [0.05, 0.1) is 13.7 Å². The molecule has 0 amide bonds. The molecule has 1 atom stereocenters. The molecule has 20 heavy (non-hydrogen) atoms. The molecule has 1 aromatic heterocycles. The van der Waals surface area contributed by atoms with Crippen molar-refractivity contribution < 1.29 is 9.53 Å². The second-order valence-electron chi connectivity index (χ2n) is 5.40. The summed E-state index contributed by atoms with van der Waals surface area (Å²) >= 11 is 0. The molecule has 0 fully saturated rings. The quantitative estimate of drug-likeness (QED) is 0.742. The smallest absolute Gasteiger partial charge is 0.327 e. The van der Waals surface area contributed by atoms with E-state index in [1.54, 1.807) is 6.33 Å². The Hall–Kier alpha value is -1.47. The van der Waals surface area contributed by atoms with Gasteiger partial charge in [-0.3, -0.25) is 9.69 Å². The van der Waals surface area contributed by atoms with Gasteiger partial charge in [0.2, 0.25) is 0 Å². The first-order chi connectivity index (χ1) is 9.59. The van der Waals surface area contributed by atoms with Crippen LogP contribution in [0.3, 0.4) is 0 Å². The monoisotopic (exact) mass is 281 g/mol. The van der Waals surface area contributed by atoms with E-state index in [9.17, 15) is 4.79 Å². The number of ether oxygens (including phenoxy) is 1. The van der Waals surface area contributed by atoms with Crippen molar-refractivity contribution in [1.29, 1.82) is 0 Å². The van der Waals surface area contributed by atoms with Gasteiger partial charge in [0.15, 0.2) is 0 Å². The van der Waals surface area contributed by atoms with Crippen molar-refractivity contribution in [2.45, 2.75) is 38.9 Å². The van der Waals surface area contributed by atoms with Gasteiger partial charge in [-0.05, 0) is 19.9 Å². The Labute approximate surface area is 119 Å². The molecular weight excluding hydrogens is 258 g/mol. The van der Waals surface area contributed by atoms with Gasteiger partial charge in [-0.1, -0.05) is 6.92 Å². The van der Waals surface area contributed by atoms with Crippen LogP contribution in [0.25, 0.3) is 0 Å². The number of aromatic nitrogens is 3. The average molecular weight is 281 g/mol. The fraction of sp³-hybridized carbons (Fsp3) is 0.769. The van der Waals surface area contributed by atoms with E-state index in [1.165, 1.54) is 7.11 Å². The topological polar surface area (TPSA) is 72.3 Å². The molecule has 112 valence electrons. The zero-order chi connectivity index (χ0) is 14.6.